The predicted molar refractivity (Wildman–Crippen MR) is 112 cm³/mol. The van der Waals surface area contributed by atoms with Crippen LogP contribution in [0, 0.1) is 11.3 Å². The summed E-state index contributed by atoms with van der Waals surface area (Å²) < 4.78 is 1.99. The van der Waals surface area contributed by atoms with E-state index in [2.05, 4.69) is 16.0 Å². The molecule has 3 aromatic rings. The minimum Gasteiger partial charge on any atom is -0.346 e. The minimum absolute atomic E-state index is 0.0216. The van der Waals surface area contributed by atoms with Gasteiger partial charge in [0.25, 0.3) is 5.56 Å². The molecule has 2 aromatic heterocycles. The predicted octanol–water partition coefficient (Wildman–Crippen LogP) is 4.12. The van der Waals surface area contributed by atoms with Crippen molar-refractivity contribution in [1.29, 1.82) is 5.26 Å². The molecule has 2 fully saturated rings. The van der Waals surface area contributed by atoms with E-state index < -0.39 is 0 Å². The van der Waals surface area contributed by atoms with Crippen LogP contribution in [0.2, 0.25) is 0 Å². The summed E-state index contributed by atoms with van der Waals surface area (Å²) in [6.45, 7) is 0.872. The maximum absolute atomic E-state index is 13.5. The molecule has 0 radical (unpaired) electrons. The van der Waals surface area contributed by atoms with E-state index in [1.165, 1.54) is 0 Å². The Kier molecular flexibility index (Phi) is 4.51. The Morgan fingerprint density at radius 3 is 2.62 bits per heavy atom. The number of pyridine rings is 1. The minimum atomic E-state index is 0.0216. The topological polar surface area (TPSA) is 74.8 Å². The van der Waals surface area contributed by atoms with Crippen molar-refractivity contribution in [2.75, 3.05) is 11.4 Å². The number of aromatic nitrogens is 3. The standard InChI is InChI=1S/C23H23N5O/c24-14-16-11-12-21(25-15-16)27-13-5-10-20(27)22-26-19-9-4-3-8-18(19)23(29)28(22)17-6-1-2-7-17/h3-4,8-9,11-12,15,17,20H,1-2,5-7,10,13H2. The lowest BCUT2D eigenvalue weighted by atomic mass is 10.1. The first-order chi connectivity index (χ1) is 14.3. The zero-order chi connectivity index (χ0) is 19.8. The van der Waals surface area contributed by atoms with Crippen LogP contribution in [0.3, 0.4) is 0 Å². The Hall–Kier alpha value is -3.20. The lowest BCUT2D eigenvalue weighted by Gasteiger charge is -2.29. The van der Waals surface area contributed by atoms with Crippen molar-refractivity contribution in [1.82, 2.24) is 14.5 Å². The normalized spacial score (nSPS) is 19.7. The van der Waals surface area contributed by atoms with Crippen LogP contribution >= 0.6 is 0 Å². The molecular formula is C23H23N5O. The molecule has 29 heavy (non-hydrogen) atoms. The molecule has 1 unspecified atom stereocenters. The highest BCUT2D eigenvalue weighted by molar-refractivity contribution is 5.77. The first-order valence-corrected chi connectivity index (χ1v) is 10.4. The van der Waals surface area contributed by atoms with Gasteiger partial charge in [0.1, 0.15) is 17.7 Å². The monoisotopic (exact) mass is 385 g/mol. The molecule has 1 saturated carbocycles. The zero-order valence-electron chi connectivity index (χ0n) is 16.3. The van der Waals surface area contributed by atoms with Gasteiger partial charge in [-0.15, -0.1) is 0 Å². The van der Waals surface area contributed by atoms with Gasteiger partial charge in [-0.3, -0.25) is 9.36 Å². The molecule has 1 atom stereocenters. The maximum atomic E-state index is 13.5. The molecule has 1 aromatic carbocycles. The van der Waals surface area contributed by atoms with E-state index in [4.69, 9.17) is 10.2 Å². The summed E-state index contributed by atoms with van der Waals surface area (Å²) >= 11 is 0. The van der Waals surface area contributed by atoms with Crippen LogP contribution in [0.1, 0.15) is 62.0 Å². The van der Waals surface area contributed by atoms with Gasteiger partial charge in [-0.2, -0.15) is 5.26 Å². The second kappa shape index (κ2) is 7.32. The van der Waals surface area contributed by atoms with Crippen molar-refractivity contribution in [2.45, 2.75) is 50.6 Å². The fraction of sp³-hybridized carbons (Fsp3) is 0.391. The van der Waals surface area contributed by atoms with E-state index in [0.717, 1.165) is 62.2 Å². The van der Waals surface area contributed by atoms with Crippen molar-refractivity contribution >= 4 is 16.7 Å². The smallest absolute Gasteiger partial charge is 0.261 e. The van der Waals surface area contributed by atoms with E-state index in [1.807, 2.05) is 34.9 Å². The van der Waals surface area contributed by atoms with E-state index in [0.29, 0.717) is 10.9 Å². The van der Waals surface area contributed by atoms with Crippen LogP contribution < -0.4 is 10.5 Å². The molecule has 1 saturated heterocycles. The Morgan fingerprint density at radius 2 is 1.86 bits per heavy atom. The molecule has 146 valence electrons. The van der Waals surface area contributed by atoms with Gasteiger partial charge in [0.2, 0.25) is 0 Å². The Morgan fingerprint density at radius 1 is 1.03 bits per heavy atom. The van der Waals surface area contributed by atoms with Crippen molar-refractivity contribution < 1.29 is 0 Å². The van der Waals surface area contributed by atoms with Crippen molar-refractivity contribution in [2.24, 2.45) is 0 Å². The lowest BCUT2D eigenvalue weighted by Crippen LogP contribution is -2.34. The number of benzene rings is 1. The highest BCUT2D eigenvalue weighted by atomic mass is 16.1. The van der Waals surface area contributed by atoms with Crippen LogP contribution in [0.5, 0.6) is 0 Å². The molecule has 6 nitrogen and oxygen atoms in total. The van der Waals surface area contributed by atoms with Gasteiger partial charge < -0.3 is 4.90 Å². The average Bonchev–Trinajstić information content (AvgIpc) is 3.46. The SMILES string of the molecule is N#Cc1ccc(N2CCCC2c2nc3ccccc3c(=O)n2C2CCCC2)nc1. The quantitative estimate of drug-likeness (QED) is 0.678. The molecule has 0 amide bonds. The second-order valence-corrected chi connectivity index (χ2v) is 7.97. The Bertz CT molecular complexity index is 1140. The third-order valence-electron chi connectivity index (χ3n) is 6.25. The van der Waals surface area contributed by atoms with Gasteiger partial charge in [0.05, 0.1) is 22.5 Å². The first-order valence-electron chi connectivity index (χ1n) is 10.4. The number of rotatable bonds is 3. The summed E-state index contributed by atoms with van der Waals surface area (Å²) in [7, 11) is 0. The Labute approximate surface area is 169 Å². The van der Waals surface area contributed by atoms with Crippen LogP contribution in [-0.4, -0.2) is 21.1 Å². The van der Waals surface area contributed by atoms with E-state index in [1.54, 1.807) is 12.3 Å². The molecule has 3 heterocycles. The molecule has 1 aliphatic heterocycles. The second-order valence-electron chi connectivity index (χ2n) is 7.97. The Balaban J connectivity index is 1.65. The maximum Gasteiger partial charge on any atom is 0.261 e. The van der Waals surface area contributed by atoms with Crippen LogP contribution in [-0.2, 0) is 0 Å². The summed E-state index contributed by atoms with van der Waals surface area (Å²) in [6.07, 6.45) is 7.98. The average molecular weight is 385 g/mol. The van der Waals surface area contributed by atoms with Crippen molar-refractivity contribution in [3.8, 4) is 6.07 Å². The van der Waals surface area contributed by atoms with E-state index in [-0.39, 0.29) is 17.6 Å². The number of anilines is 1. The van der Waals surface area contributed by atoms with Crippen LogP contribution in [0.4, 0.5) is 5.82 Å². The number of hydrogen-bond acceptors (Lipinski definition) is 5. The van der Waals surface area contributed by atoms with Gasteiger partial charge in [0.15, 0.2) is 0 Å². The lowest BCUT2D eigenvalue weighted by molar-refractivity contribution is 0.454. The number of nitrogens with zero attached hydrogens (tertiary/aromatic N) is 5. The fourth-order valence-electron chi connectivity index (χ4n) is 4.84. The summed E-state index contributed by atoms with van der Waals surface area (Å²) in [5.41, 5.74) is 1.40. The van der Waals surface area contributed by atoms with Gasteiger partial charge in [-0.25, -0.2) is 9.97 Å². The van der Waals surface area contributed by atoms with Crippen molar-refractivity contribution in [3.63, 3.8) is 0 Å². The highest BCUT2D eigenvalue weighted by Gasteiger charge is 2.33. The summed E-state index contributed by atoms with van der Waals surface area (Å²) in [6, 6.07) is 13.7. The van der Waals surface area contributed by atoms with Gasteiger partial charge in [-0.05, 0) is 49.9 Å². The molecule has 5 rings (SSSR count). The molecule has 6 heteroatoms. The third-order valence-corrected chi connectivity index (χ3v) is 6.25. The van der Waals surface area contributed by atoms with E-state index in [9.17, 15) is 4.79 Å². The van der Waals surface area contributed by atoms with Crippen molar-refractivity contribution in [3.05, 3.63) is 64.3 Å². The summed E-state index contributed by atoms with van der Waals surface area (Å²) in [5, 5.41) is 9.76. The number of hydrogen-bond donors (Lipinski definition) is 0. The molecular weight excluding hydrogens is 362 g/mol. The van der Waals surface area contributed by atoms with Gasteiger partial charge in [-0.1, -0.05) is 25.0 Å². The van der Waals surface area contributed by atoms with Crippen LogP contribution in [0.25, 0.3) is 10.9 Å². The molecule has 0 spiro atoms. The number of para-hydroxylation sites is 1. The fourth-order valence-corrected chi connectivity index (χ4v) is 4.84. The number of fused-ring (bicyclic) bond motifs is 1. The van der Waals surface area contributed by atoms with Crippen LogP contribution in [0.15, 0.2) is 47.4 Å². The largest absolute Gasteiger partial charge is 0.346 e. The van der Waals surface area contributed by atoms with E-state index >= 15 is 0 Å². The van der Waals surface area contributed by atoms with Gasteiger partial charge in [0, 0.05) is 18.8 Å². The van der Waals surface area contributed by atoms with Gasteiger partial charge >= 0.3 is 0 Å². The zero-order valence-corrected chi connectivity index (χ0v) is 16.3. The molecule has 2 aliphatic rings. The first kappa shape index (κ1) is 17.9. The molecule has 0 N–H and O–H groups in total. The number of nitriles is 1. The highest BCUT2D eigenvalue weighted by Crippen LogP contribution is 2.37. The summed E-state index contributed by atoms with van der Waals surface area (Å²) in [5.74, 6) is 1.70. The third kappa shape index (κ3) is 3.07. The summed E-state index contributed by atoms with van der Waals surface area (Å²) in [4.78, 5) is 25.2. The molecule has 0 bridgehead atoms. The molecule has 1 aliphatic carbocycles.